The minimum absolute atomic E-state index is 0.331. The van der Waals surface area contributed by atoms with Crippen molar-refractivity contribution in [1.29, 1.82) is 0 Å². The number of thiazole rings is 1. The molecule has 1 unspecified atom stereocenters. The monoisotopic (exact) mass is 346 g/mol. The van der Waals surface area contributed by atoms with Crippen molar-refractivity contribution in [2.75, 3.05) is 6.26 Å². The topological polar surface area (TPSA) is 66.7 Å². The van der Waals surface area contributed by atoms with Crippen LogP contribution in [0.5, 0.6) is 0 Å². The van der Waals surface area contributed by atoms with Crippen molar-refractivity contribution in [3.63, 3.8) is 0 Å². The first-order valence-corrected chi connectivity index (χ1v) is 9.17. The molecule has 0 aliphatic rings. The number of nitrogens with zero attached hydrogens (tertiary/aromatic N) is 4. The summed E-state index contributed by atoms with van der Waals surface area (Å²) in [5.74, 6) is -0.339. The molecule has 116 valence electrons. The summed E-state index contributed by atoms with van der Waals surface area (Å²) in [6, 6.07) is 6.83. The molecule has 3 aromatic heterocycles. The third-order valence-corrected chi connectivity index (χ3v) is 5.85. The molecule has 0 aliphatic carbocycles. The molecule has 0 saturated carbocycles. The third kappa shape index (κ3) is 2.58. The van der Waals surface area contributed by atoms with Crippen LogP contribution in [0, 0.1) is 5.82 Å². The molecule has 23 heavy (non-hydrogen) atoms. The molecule has 0 N–H and O–H groups in total. The van der Waals surface area contributed by atoms with Gasteiger partial charge in [-0.25, -0.2) is 14.4 Å². The smallest absolute Gasteiger partial charge is 0.302 e. The maximum absolute atomic E-state index is 14.4. The molecule has 4 aromatic rings. The van der Waals surface area contributed by atoms with E-state index in [-0.39, 0.29) is 5.82 Å². The number of hydrogen-bond acceptors (Lipinski definition) is 5. The fraction of sp³-hybridized carbons (Fsp3) is 0.133. The summed E-state index contributed by atoms with van der Waals surface area (Å²) in [5.41, 5.74) is 2.55. The molecule has 8 heteroatoms. The summed E-state index contributed by atoms with van der Waals surface area (Å²) in [6.07, 6.45) is 4.91. The van der Waals surface area contributed by atoms with Gasteiger partial charge >= 0.3 is 4.34 Å². The highest BCUT2D eigenvalue weighted by Crippen LogP contribution is 2.28. The lowest BCUT2D eigenvalue weighted by atomic mass is 10.2. The van der Waals surface area contributed by atoms with Crippen LogP contribution in [0.3, 0.4) is 0 Å². The number of fused-ring (bicyclic) bond motifs is 2. The van der Waals surface area contributed by atoms with Crippen molar-refractivity contribution in [3.05, 3.63) is 48.2 Å². The molecule has 0 fully saturated rings. The molecule has 5 nitrogen and oxygen atoms in total. The van der Waals surface area contributed by atoms with Crippen LogP contribution < -0.4 is 0 Å². The first-order valence-electron chi connectivity index (χ1n) is 6.80. The molecular formula is C15H11FN4OS2. The highest BCUT2D eigenvalue weighted by atomic mass is 32.2. The molecule has 0 spiro atoms. The van der Waals surface area contributed by atoms with Gasteiger partial charge in [0.2, 0.25) is 0 Å². The van der Waals surface area contributed by atoms with Gasteiger partial charge < -0.3 is 9.12 Å². The average molecular weight is 346 g/mol. The van der Waals surface area contributed by atoms with Gasteiger partial charge in [-0.2, -0.15) is 4.98 Å². The van der Waals surface area contributed by atoms with Crippen LogP contribution in [0.1, 0.15) is 5.56 Å². The molecule has 3 heterocycles. The normalized spacial score (nSPS) is 13.0. The second kappa shape index (κ2) is 5.55. The van der Waals surface area contributed by atoms with Crippen LogP contribution in [-0.4, -0.2) is 30.3 Å². The van der Waals surface area contributed by atoms with E-state index in [0.29, 0.717) is 27.6 Å². The fourth-order valence-electron chi connectivity index (χ4n) is 2.41. The van der Waals surface area contributed by atoms with Crippen molar-refractivity contribution in [2.24, 2.45) is 0 Å². The van der Waals surface area contributed by atoms with E-state index in [1.165, 1.54) is 17.4 Å². The van der Waals surface area contributed by atoms with E-state index in [4.69, 9.17) is 0 Å². The molecule has 0 bridgehead atoms. The average Bonchev–Trinajstić information content (AvgIpc) is 3.12. The molecule has 0 saturated heterocycles. The molecule has 0 aliphatic heterocycles. The van der Waals surface area contributed by atoms with Gasteiger partial charge in [0, 0.05) is 29.0 Å². The zero-order chi connectivity index (χ0) is 16.0. The van der Waals surface area contributed by atoms with Gasteiger partial charge in [-0.1, -0.05) is 11.3 Å². The summed E-state index contributed by atoms with van der Waals surface area (Å²) < 4.78 is 29.0. The van der Waals surface area contributed by atoms with Gasteiger partial charge in [-0.05, 0) is 18.2 Å². The third-order valence-electron chi connectivity index (χ3n) is 3.50. The van der Waals surface area contributed by atoms with Crippen LogP contribution in [0.4, 0.5) is 4.39 Å². The largest absolute Gasteiger partial charge is 0.610 e. The minimum atomic E-state index is -1.17. The van der Waals surface area contributed by atoms with E-state index in [0.717, 1.165) is 10.2 Å². The zero-order valence-corrected chi connectivity index (χ0v) is 13.7. The van der Waals surface area contributed by atoms with Gasteiger partial charge in [0.25, 0.3) is 0 Å². The van der Waals surface area contributed by atoms with E-state index >= 15 is 0 Å². The number of halogens is 1. The van der Waals surface area contributed by atoms with Crippen LogP contribution in [0.15, 0.2) is 41.1 Å². The summed E-state index contributed by atoms with van der Waals surface area (Å²) in [6.45, 7) is 0.331. The number of benzene rings is 1. The molecular weight excluding hydrogens is 335 g/mol. The second-order valence-electron chi connectivity index (χ2n) is 5.06. The van der Waals surface area contributed by atoms with Gasteiger partial charge in [0.15, 0.2) is 5.65 Å². The number of pyridine rings is 1. The molecule has 1 aromatic carbocycles. The highest BCUT2D eigenvalue weighted by molar-refractivity contribution is 7.92. The highest BCUT2D eigenvalue weighted by Gasteiger charge is 2.15. The lowest BCUT2D eigenvalue weighted by Crippen LogP contribution is -2.01. The summed E-state index contributed by atoms with van der Waals surface area (Å²) in [7, 11) is 0. The predicted molar refractivity (Wildman–Crippen MR) is 88.5 cm³/mol. The quantitative estimate of drug-likeness (QED) is 0.535. The van der Waals surface area contributed by atoms with Crippen molar-refractivity contribution in [2.45, 2.75) is 10.9 Å². The predicted octanol–water partition coefficient (Wildman–Crippen LogP) is 2.97. The maximum Gasteiger partial charge on any atom is 0.302 e. The summed E-state index contributed by atoms with van der Waals surface area (Å²) in [4.78, 5) is 12.8. The lowest BCUT2D eigenvalue weighted by Gasteiger charge is -2.05. The van der Waals surface area contributed by atoms with Crippen LogP contribution in [0.25, 0.3) is 21.4 Å². The van der Waals surface area contributed by atoms with E-state index in [9.17, 15) is 8.94 Å². The SMILES string of the molecule is C[S+]([O-])c1nc2cc(F)c(Cn3cnc4cccnc43)cc2s1. The van der Waals surface area contributed by atoms with Crippen LogP contribution >= 0.6 is 11.3 Å². The first kappa shape index (κ1) is 14.6. The lowest BCUT2D eigenvalue weighted by molar-refractivity contribution is 0.599. The van der Waals surface area contributed by atoms with Crippen molar-refractivity contribution in [1.82, 2.24) is 19.5 Å². The van der Waals surface area contributed by atoms with Gasteiger partial charge in [0.05, 0.1) is 23.1 Å². The van der Waals surface area contributed by atoms with Crippen molar-refractivity contribution >= 4 is 43.9 Å². The van der Waals surface area contributed by atoms with Crippen molar-refractivity contribution in [3.8, 4) is 0 Å². The maximum atomic E-state index is 14.4. The Morgan fingerprint density at radius 2 is 2.17 bits per heavy atom. The van der Waals surface area contributed by atoms with E-state index in [1.54, 1.807) is 29.4 Å². The molecule has 1 atom stereocenters. The molecule has 0 radical (unpaired) electrons. The fourth-order valence-corrected chi connectivity index (χ4v) is 4.12. The van der Waals surface area contributed by atoms with Gasteiger partial charge in [-0.3, -0.25) is 0 Å². The Balaban J connectivity index is 1.77. The van der Waals surface area contributed by atoms with E-state index < -0.39 is 11.2 Å². The molecule has 4 rings (SSSR count). The molecule has 0 amide bonds. The number of hydrogen-bond donors (Lipinski definition) is 0. The Bertz CT molecular complexity index is 1010. The summed E-state index contributed by atoms with van der Waals surface area (Å²) >= 11 is 0.161. The Kier molecular flexibility index (Phi) is 3.51. The summed E-state index contributed by atoms with van der Waals surface area (Å²) in [5, 5.41) is 0. The Morgan fingerprint density at radius 3 is 3.00 bits per heavy atom. The van der Waals surface area contributed by atoms with Gasteiger partial charge in [0.1, 0.15) is 17.6 Å². The zero-order valence-electron chi connectivity index (χ0n) is 12.1. The second-order valence-corrected chi connectivity index (χ2v) is 7.65. The van der Waals surface area contributed by atoms with E-state index in [2.05, 4.69) is 15.0 Å². The van der Waals surface area contributed by atoms with Crippen LogP contribution in [0.2, 0.25) is 0 Å². The minimum Gasteiger partial charge on any atom is -0.610 e. The number of rotatable bonds is 3. The van der Waals surface area contributed by atoms with Crippen LogP contribution in [-0.2, 0) is 17.7 Å². The number of imidazole rings is 1. The standard InChI is InChI=1S/C15H11FN4OS2/c1-23(21)15-19-12-6-10(16)9(5-13(12)22-15)7-20-8-18-11-3-2-4-17-14(11)20/h2-6,8H,7H2,1H3. The Labute approximate surface area is 138 Å². The first-order chi connectivity index (χ1) is 11.1. The van der Waals surface area contributed by atoms with E-state index in [1.807, 2.05) is 12.1 Å². The Morgan fingerprint density at radius 1 is 1.30 bits per heavy atom. The van der Waals surface area contributed by atoms with Gasteiger partial charge in [-0.15, -0.1) is 0 Å². The Hall–Kier alpha value is -2.03. The number of aromatic nitrogens is 4. The van der Waals surface area contributed by atoms with Crippen molar-refractivity contribution < 1.29 is 8.94 Å².